The van der Waals surface area contributed by atoms with Gasteiger partial charge in [-0.15, -0.1) is 0 Å². The minimum atomic E-state index is -4.51. The van der Waals surface area contributed by atoms with Crippen molar-refractivity contribution in [2.75, 3.05) is 7.11 Å². The van der Waals surface area contributed by atoms with Crippen molar-refractivity contribution >= 4 is 27.5 Å². The molecule has 0 N–H and O–H groups in total. The number of aromatic nitrogens is 1. The molecule has 7 aromatic rings. The van der Waals surface area contributed by atoms with Crippen LogP contribution in [0.3, 0.4) is 0 Å². The van der Waals surface area contributed by atoms with E-state index in [1.165, 1.54) is 62.6 Å². The maximum absolute atomic E-state index is 12.5. The van der Waals surface area contributed by atoms with E-state index in [1.54, 1.807) is 12.1 Å². The number of pyridine rings is 1. The van der Waals surface area contributed by atoms with Crippen molar-refractivity contribution < 1.29 is 62.6 Å². The average molecular weight is 945 g/mol. The summed E-state index contributed by atoms with van der Waals surface area (Å²) in [6.45, 7) is 3.33. The van der Waals surface area contributed by atoms with E-state index in [9.17, 15) is 48.3 Å². The number of halogens is 13. The summed E-state index contributed by atoms with van der Waals surface area (Å²) in [5, 5.41) is 0.390. The number of benzene rings is 6. The molecule has 0 spiro atoms. The smallest absolute Gasteiger partial charge is 0.416 e. The SMILES string of the molecule is [3H]c1cc(Br)ccc1F.[3H]c1cc(C(F)(F)F)ccc1F.[3H]c1cc(Cl)ccc1F.[3H]c1cc(F)c(C)cc1F.[3H]c1cc(F)ccc1F.[3H]c1cc(OC)ccc1F.[3H]c1cccc(C)n1. The minimum Gasteiger partial charge on any atom is -0.497 e. The van der Waals surface area contributed by atoms with Gasteiger partial charge in [0.25, 0.3) is 0 Å². The van der Waals surface area contributed by atoms with Gasteiger partial charge in [0.05, 0.1) is 22.3 Å². The molecule has 0 bridgehead atoms. The summed E-state index contributed by atoms with van der Waals surface area (Å²) >= 11 is 8.54. The van der Waals surface area contributed by atoms with Gasteiger partial charge >= 0.3 is 6.18 Å². The van der Waals surface area contributed by atoms with E-state index in [0.717, 1.165) is 40.5 Å². The monoisotopic (exact) mass is 943 g/mol. The summed E-state index contributed by atoms with van der Waals surface area (Å²) in [5.41, 5.74) is 0.125. The summed E-state index contributed by atoms with van der Waals surface area (Å²) in [6.07, 6.45) is -4.17. The molecule has 0 aliphatic heterocycles. The fourth-order valence-electron chi connectivity index (χ4n) is 3.21. The third-order valence-electron chi connectivity index (χ3n) is 6.10. The van der Waals surface area contributed by atoms with Crippen LogP contribution in [0.4, 0.5) is 48.3 Å². The molecule has 6 aromatic carbocycles. The molecule has 0 aliphatic rings. The molecular formula is C45H36BrClF11NO. The highest BCUT2D eigenvalue weighted by molar-refractivity contribution is 9.10. The molecule has 0 saturated heterocycles. The lowest BCUT2D eigenvalue weighted by atomic mass is 10.2. The summed E-state index contributed by atoms with van der Waals surface area (Å²) in [7, 11) is 1.48. The van der Waals surface area contributed by atoms with Gasteiger partial charge in [0, 0.05) is 21.4 Å². The van der Waals surface area contributed by atoms with Gasteiger partial charge in [0.15, 0.2) is 0 Å². The fourth-order valence-corrected chi connectivity index (χ4v) is 3.58. The summed E-state index contributed by atoms with van der Waals surface area (Å²) < 4.78 is 188. The normalized spacial score (nSPS) is 11.3. The van der Waals surface area contributed by atoms with Crippen molar-refractivity contribution in [2.24, 2.45) is 0 Å². The molecule has 318 valence electrons. The molecule has 0 fully saturated rings. The molecule has 0 unspecified atom stereocenters. The quantitative estimate of drug-likeness (QED) is 0.153. The Morgan fingerprint density at radius 2 is 1.05 bits per heavy atom. The van der Waals surface area contributed by atoms with Crippen LogP contribution in [0.25, 0.3) is 0 Å². The average Bonchev–Trinajstić information content (AvgIpc) is 3.24. The molecular weight excluding hydrogens is 895 g/mol. The molecule has 0 atom stereocenters. The Balaban J connectivity index is 0.000000392. The number of ether oxygens (including phenoxy) is 1. The van der Waals surface area contributed by atoms with Crippen LogP contribution in [-0.4, -0.2) is 12.1 Å². The van der Waals surface area contributed by atoms with Crippen LogP contribution in [0.2, 0.25) is 5.02 Å². The molecule has 1 heterocycles. The van der Waals surface area contributed by atoms with Crippen molar-refractivity contribution in [3.05, 3.63) is 237 Å². The van der Waals surface area contributed by atoms with E-state index in [1.807, 2.05) is 19.1 Å². The van der Waals surface area contributed by atoms with Crippen LogP contribution in [0.1, 0.15) is 26.4 Å². The van der Waals surface area contributed by atoms with Crippen LogP contribution in [0.15, 0.2) is 168 Å². The molecule has 0 saturated carbocycles. The maximum atomic E-state index is 12.5. The van der Waals surface area contributed by atoms with Gasteiger partial charge in [-0.05, 0) is 171 Å². The van der Waals surface area contributed by atoms with Crippen molar-refractivity contribution in [1.82, 2.24) is 4.98 Å². The van der Waals surface area contributed by atoms with Crippen molar-refractivity contribution in [1.29, 1.82) is 0 Å². The Kier molecular flexibility index (Phi) is 19.6. The van der Waals surface area contributed by atoms with Crippen LogP contribution < -0.4 is 4.74 Å². The number of aryl methyl sites for hydroxylation is 2. The van der Waals surface area contributed by atoms with Crippen LogP contribution in [0.5, 0.6) is 5.75 Å². The van der Waals surface area contributed by atoms with E-state index in [2.05, 4.69) is 20.9 Å². The van der Waals surface area contributed by atoms with Gasteiger partial charge in [-0.3, -0.25) is 4.98 Å². The second-order valence-electron chi connectivity index (χ2n) is 10.8. The lowest BCUT2D eigenvalue weighted by Crippen LogP contribution is -2.03. The van der Waals surface area contributed by atoms with Crippen LogP contribution in [0, 0.1) is 60.4 Å². The maximum Gasteiger partial charge on any atom is 0.416 e. The van der Waals surface area contributed by atoms with Gasteiger partial charge in [0.2, 0.25) is 0 Å². The lowest BCUT2D eigenvalue weighted by Gasteiger charge is -2.04. The topological polar surface area (TPSA) is 22.1 Å². The first-order valence-corrected chi connectivity index (χ1v) is 17.5. The molecule has 60 heavy (non-hydrogen) atoms. The van der Waals surface area contributed by atoms with Crippen molar-refractivity contribution in [2.45, 2.75) is 20.0 Å². The summed E-state index contributed by atoms with van der Waals surface area (Å²) in [6, 6.07) is 21.8. The number of methoxy groups -OCH3 is 1. The van der Waals surface area contributed by atoms with E-state index < -0.39 is 76.4 Å². The molecule has 2 nitrogen and oxygen atoms in total. The predicted octanol–water partition coefficient (Wildman–Crippen LogP) is 15.4. The highest BCUT2D eigenvalue weighted by Gasteiger charge is 2.29. The Morgan fingerprint density at radius 3 is 1.48 bits per heavy atom. The number of nitrogens with zero attached hydrogens (tertiary/aromatic N) is 1. The number of rotatable bonds is 1. The number of hydrogen-bond acceptors (Lipinski definition) is 2. The van der Waals surface area contributed by atoms with E-state index in [0.29, 0.717) is 35.1 Å². The van der Waals surface area contributed by atoms with Crippen molar-refractivity contribution in [3.63, 3.8) is 0 Å². The highest BCUT2D eigenvalue weighted by Crippen LogP contribution is 2.28. The first-order chi connectivity index (χ1) is 31.1. The first kappa shape index (κ1) is 41.0. The van der Waals surface area contributed by atoms with E-state index in [4.69, 9.17) is 25.9 Å². The van der Waals surface area contributed by atoms with Gasteiger partial charge < -0.3 is 4.74 Å². The first-order valence-electron chi connectivity index (χ1n) is 19.9. The Hall–Kier alpha value is -5.73. The van der Waals surface area contributed by atoms with Gasteiger partial charge in [0.1, 0.15) is 52.3 Å². The van der Waals surface area contributed by atoms with Gasteiger partial charge in [-0.2, -0.15) is 13.2 Å². The second kappa shape index (κ2) is 28.7. The number of hydrogen-bond donors (Lipinski definition) is 0. The Morgan fingerprint density at radius 1 is 0.550 bits per heavy atom. The third-order valence-corrected chi connectivity index (χ3v) is 6.83. The molecule has 0 aliphatic carbocycles. The zero-order valence-electron chi connectivity index (χ0n) is 38.3. The fraction of sp³-hybridized carbons (Fsp3) is 0.0889. The molecule has 15 heteroatoms. The zero-order chi connectivity index (χ0) is 51.2. The molecule has 0 amide bonds. The van der Waals surface area contributed by atoms with Gasteiger partial charge in [-0.1, -0.05) is 33.6 Å². The van der Waals surface area contributed by atoms with Gasteiger partial charge in [-0.25, -0.2) is 35.1 Å². The van der Waals surface area contributed by atoms with Crippen molar-refractivity contribution in [3.8, 4) is 5.75 Å². The molecule has 0 radical (unpaired) electrons. The van der Waals surface area contributed by atoms with E-state index >= 15 is 0 Å². The lowest BCUT2D eigenvalue weighted by molar-refractivity contribution is -0.137. The highest BCUT2D eigenvalue weighted by atomic mass is 79.9. The van der Waals surface area contributed by atoms with Crippen LogP contribution in [-0.2, 0) is 6.18 Å². The molecule has 1 aromatic heterocycles. The molecule has 7 rings (SSSR count). The summed E-state index contributed by atoms with van der Waals surface area (Å²) in [4.78, 5) is 3.84. The Bertz CT molecular complexity index is 2480. The third kappa shape index (κ3) is 25.6. The Labute approximate surface area is 363 Å². The standard InChI is InChI=1S/C7H4F4.C7H6F2.C7H7FO.C6H4BrF.C6H4ClF.C6H4F2.C6H7N/c8-6-3-1-5(2-4-6)7(9,10)11;1-5-4-6(8)2-3-7(5)9;1-9-7-4-2-6(8)3-5-7;2*7-5-1-3-6(8)4-2-5;7-5-1-2-6(8)4-3-5;1-6-4-2-3-5-7-6/h1-4H;2-4H,1H3;2-5H,1H3;3*1-4H;2-5H,1H3/i3T;2*2T;2*3T;1T;5T. The van der Waals surface area contributed by atoms with Crippen LogP contribution >= 0.6 is 27.5 Å². The largest absolute Gasteiger partial charge is 0.497 e. The second-order valence-corrected chi connectivity index (χ2v) is 12.1. The number of alkyl halides is 3. The van der Waals surface area contributed by atoms with E-state index in [-0.39, 0.29) is 23.7 Å². The zero-order valence-corrected chi connectivity index (χ0v) is 33.7. The summed E-state index contributed by atoms with van der Waals surface area (Å²) in [5.74, 6) is -4.50. The predicted molar refractivity (Wildman–Crippen MR) is 216 cm³/mol. The minimum absolute atomic E-state index is 0.0793.